The van der Waals surface area contributed by atoms with Gasteiger partial charge in [0.15, 0.2) is 5.65 Å². The molecule has 31 heavy (non-hydrogen) atoms. The predicted molar refractivity (Wildman–Crippen MR) is 115 cm³/mol. The average Bonchev–Trinajstić information content (AvgIpc) is 3.07. The van der Waals surface area contributed by atoms with Crippen LogP contribution in [0.1, 0.15) is 15.9 Å². The summed E-state index contributed by atoms with van der Waals surface area (Å²) >= 11 is 0. The fourth-order valence-electron chi connectivity index (χ4n) is 3.50. The van der Waals surface area contributed by atoms with Gasteiger partial charge in [0.25, 0.3) is 5.91 Å². The number of nitrogens with two attached hydrogens (primary N) is 1. The molecular formula is C22H21FN6O2. The van der Waals surface area contributed by atoms with Crippen LogP contribution >= 0.6 is 0 Å². The Morgan fingerprint density at radius 1 is 1.23 bits per heavy atom. The number of fused-ring (bicyclic) bond motifs is 1. The maximum absolute atomic E-state index is 13.4. The van der Waals surface area contributed by atoms with Crippen LogP contribution in [0, 0.1) is 5.82 Å². The van der Waals surface area contributed by atoms with Crippen LogP contribution in [-0.4, -0.2) is 38.0 Å². The second-order valence-electron chi connectivity index (χ2n) is 7.23. The van der Waals surface area contributed by atoms with E-state index >= 15 is 0 Å². The summed E-state index contributed by atoms with van der Waals surface area (Å²) in [4.78, 5) is 35.9. The number of hydrogen-bond donors (Lipinski definition) is 3. The van der Waals surface area contributed by atoms with Gasteiger partial charge in [0.05, 0.1) is 5.69 Å². The molecule has 2 aromatic carbocycles. The molecule has 0 bridgehead atoms. The number of aromatic amines is 1. The number of rotatable bonds is 6. The molecule has 8 nitrogen and oxygen atoms in total. The van der Waals surface area contributed by atoms with Crippen LogP contribution in [0.3, 0.4) is 0 Å². The second-order valence-corrected chi connectivity index (χ2v) is 7.23. The first-order chi connectivity index (χ1) is 15.0. The third kappa shape index (κ3) is 4.22. The fraction of sp³-hybridized carbons (Fsp3) is 0.182. The number of aryl methyl sites for hydroxylation is 1. The number of carbonyl (C=O) groups is 1. The lowest BCUT2D eigenvalue weighted by molar-refractivity contribution is 0.0938. The van der Waals surface area contributed by atoms with E-state index in [0.29, 0.717) is 34.4 Å². The van der Waals surface area contributed by atoms with Crippen molar-refractivity contribution in [3.8, 4) is 11.3 Å². The highest BCUT2D eigenvalue weighted by molar-refractivity contribution is 5.97. The third-order valence-corrected chi connectivity index (χ3v) is 5.08. The molecule has 4 N–H and O–H groups in total. The molecule has 0 aliphatic rings. The molecule has 0 aliphatic heterocycles. The van der Waals surface area contributed by atoms with E-state index in [0.717, 1.165) is 5.56 Å². The number of imidazole rings is 1. The van der Waals surface area contributed by atoms with Gasteiger partial charge in [-0.1, -0.05) is 24.3 Å². The Morgan fingerprint density at radius 3 is 2.81 bits per heavy atom. The van der Waals surface area contributed by atoms with Gasteiger partial charge >= 0.3 is 5.69 Å². The Hall–Kier alpha value is -3.85. The predicted octanol–water partition coefficient (Wildman–Crippen LogP) is 1.76. The minimum absolute atomic E-state index is 0.208. The lowest BCUT2D eigenvalue weighted by Crippen LogP contribution is -2.41. The minimum atomic E-state index is -0.353. The highest BCUT2D eigenvalue weighted by Crippen LogP contribution is 2.24. The highest BCUT2D eigenvalue weighted by Gasteiger charge is 2.17. The van der Waals surface area contributed by atoms with Gasteiger partial charge < -0.3 is 11.1 Å². The number of halogens is 1. The number of hydrogen-bond acceptors (Lipinski definition) is 5. The SMILES string of the molecule is Cn1c(=O)[nH]c2ncnc(-c3cccc(C(=O)N[C@H](CN)Cc4cccc(F)c4)c3)c21. The first-order valence-corrected chi connectivity index (χ1v) is 9.71. The van der Waals surface area contributed by atoms with Crippen molar-refractivity contribution in [1.82, 2.24) is 24.8 Å². The molecule has 2 aromatic heterocycles. The molecule has 2 heterocycles. The number of nitrogens with zero attached hydrogens (tertiary/aromatic N) is 3. The molecule has 0 aliphatic carbocycles. The van der Waals surface area contributed by atoms with E-state index in [4.69, 9.17) is 5.73 Å². The minimum Gasteiger partial charge on any atom is -0.348 e. The maximum Gasteiger partial charge on any atom is 0.327 e. The number of nitrogens with one attached hydrogen (secondary N) is 2. The highest BCUT2D eigenvalue weighted by atomic mass is 19.1. The number of carbonyl (C=O) groups excluding carboxylic acids is 1. The summed E-state index contributed by atoms with van der Waals surface area (Å²) in [6, 6.07) is 12.8. The number of aromatic nitrogens is 4. The van der Waals surface area contributed by atoms with Crippen LogP contribution in [0.4, 0.5) is 4.39 Å². The van der Waals surface area contributed by atoms with Crippen molar-refractivity contribution in [2.45, 2.75) is 12.5 Å². The zero-order valence-electron chi connectivity index (χ0n) is 16.8. The van der Waals surface area contributed by atoms with Gasteiger partial charge in [-0.15, -0.1) is 0 Å². The fourth-order valence-corrected chi connectivity index (χ4v) is 3.50. The van der Waals surface area contributed by atoms with Crippen molar-refractivity contribution in [3.05, 3.63) is 82.3 Å². The molecule has 4 aromatic rings. The third-order valence-electron chi connectivity index (χ3n) is 5.08. The lowest BCUT2D eigenvalue weighted by Gasteiger charge is -2.17. The monoisotopic (exact) mass is 420 g/mol. The molecule has 4 rings (SSSR count). The van der Waals surface area contributed by atoms with Crippen LogP contribution in [0.5, 0.6) is 0 Å². The number of H-pyrrole nitrogens is 1. The largest absolute Gasteiger partial charge is 0.348 e. The van der Waals surface area contributed by atoms with Gasteiger partial charge in [-0.05, 0) is 36.2 Å². The van der Waals surface area contributed by atoms with E-state index in [1.54, 1.807) is 37.4 Å². The summed E-state index contributed by atoms with van der Waals surface area (Å²) < 4.78 is 14.9. The molecule has 0 saturated heterocycles. The van der Waals surface area contributed by atoms with Crippen molar-refractivity contribution in [1.29, 1.82) is 0 Å². The van der Waals surface area contributed by atoms with Crippen LogP contribution in [0.25, 0.3) is 22.4 Å². The Morgan fingerprint density at radius 2 is 2.03 bits per heavy atom. The van der Waals surface area contributed by atoms with Crippen LogP contribution in [0.2, 0.25) is 0 Å². The summed E-state index contributed by atoms with van der Waals surface area (Å²) in [6.45, 7) is 0.208. The quantitative estimate of drug-likeness (QED) is 0.439. The van der Waals surface area contributed by atoms with Crippen molar-refractivity contribution in [2.75, 3.05) is 6.54 Å². The molecule has 0 spiro atoms. The Kier molecular flexibility index (Phi) is 5.59. The first-order valence-electron chi connectivity index (χ1n) is 9.71. The van der Waals surface area contributed by atoms with Crippen LogP contribution in [-0.2, 0) is 13.5 Å². The molecule has 9 heteroatoms. The zero-order valence-corrected chi connectivity index (χ0v) is 16.8. The van der Waals surface area contributed by atoms with E-state index in [1.165, 1.54) is 23.0 Å². The van der Waals surface area contributed by atoms with Crippen molar-refractivity contribution in [2.24, 2.45) is 12.8 Å². The van der Waals surface area contributed by atoms with Gasteiger partial charge in [0, 0.05) is 30.8 Å². The van der Waals surface area contributed by atoms with Crippen LogP contribution in [0.15, 0.2) is 59.7 Å². The average molecular weight is 420 g/mol. The number of amides is 1. The molecular weight excluding hydrogens is 399 g/mol. The van der Waals surface area contributed by atoms with E-state index in [1.807, 2.05) is 6.07 Å². The molecule has 0 saturated carbocycles. The van der Waals surface area contributed by atoms with E-state index in [2.05, 4.69) is 20.3 Å². The van der Waals surface area contributed by atoms with Crippen molar-refractivity contribution < 1.29 is 9.18 Å². The molecule has 0 fully saturated rings. The molecule has 1 atom stereocenters. The summed E-state index contributed by atoms with van der Waals surface area (Å²) in [5, 5.41) is 2.90. The second kappa shape index (κ2) is 8.49. The Labute approximate surface area is 177 Å². The summed E-state index contributed by atoms with van der Waals surface area (Å²) in [5.41, 5.74) is 8.88. The molecule has 0 unspecified atom stereocenters. The van der Waals surface area contributed by atoms with Crippen molar-refractivity contribution in [3.63, 3.8) is 0 Å². The normalized spacial score (nSPS) is 12.1. The number of benzene rings is 2. The van der Waals surface area contributed by atoms with Gasteiger partial charge in [-0.3, -0.25) is 14.3 Å². The van der Waals surface area contributed by atoms with E-state index < -0.39 is 0 Å². The van der Waals surface area contributed by atoms with Crippen LogP contribution < -0.4 is 16.7 Å². The standard InChI is InChI=1S/C22H21FN6O2/c1-29-19-18(25-12-26-20(19)28-22(29)31)14-5-3-6-15(10-14)21(30)27-17(11-24)9-13-4-2-7-16(23)8-13/h2-8,10,12,17H,9,11,24H2,1H3,(H,27,30)(H,25,26,28,31)/t17-/m0/s1. The van der Waals surface area contributed by atoms with E-state index in [-0.39, 0.29) is 30.0 Å². The lowest BCUT2D eigenvalue weighted by atomic mass is 10.0. The molecule has 158 valence electrons. The van der Waals surface area contributed by atoms with Gasteiger partial charge in [0.2, 0.25) is 0 Å². The first kappa shape index (κ1) is 20.4. The summed E-state index contributed by atoms with van der Waals surface area (Å²) in [5.74, 6) is -0.635. The molecule has 0 radical (unpaired) electrons. The van der Waals surface area contributed by atoms with Gasteiger partial charge in [-0.25, -0.2) is 19.2 Å². The Balaban J connectivity index is 1.59. The van der Waals surface area contributed by atoms with Crippen molar-refractivity contribution >= 4 is 17.1 Å². The van der Waals surface area contributed by atoms with Gasteiger partial charge in [-0.2, -0.15) is 0 Å². The maximum atomic E-state index is 13.4. The van der Waals surface area contributed by atoms with Gasteiger partial charge in [0.1, 0.15) is 17.7 Å². The Bertz CT molecular complexity index is 1310. The smallest absolute Gasteiger partial charge is 0.327 e. The topological polar surface area (TPSA) is 119 Å². The molecule has 1 amide bonds. The summed E-state index contributed by atoms with van der Waals surface area (Å²) in [6.07, 6.45) is 1.78. The zero-order chi connectivity index (χ0) is 22.0. The summed E-state index contributed by atoms with van der Waals surface area (Å²) in [7, 11) is 1.63. The van der Waals surface area contributed by atoms with E-state index in [9.17, 15) is 14.0 Å².